The summed E-state index contributed by atoms with van der Waals surface area (Å²) >= 11 is 11.6. The predicted octanol–water partition coefficient (Wildman–Crippen LogP) is 0.548. The normalized spacial score (nSPS) is 30.2. The highest BCUT2D eigenvalue weighted by molar-refractivity contribution is 7.92. The zero-order chi connectivity index (χ0) is 18.2. The summed E-state index contributed by atoms with van der Waals surface area (Å²) in [5.41, 5.74) is 0. The highest BCUT2D eigenvalue weighted by atomic mass is 35.5. The van der Waals surface area contributed by atoms with Gasteiger partial charge in [0, 0.05) is 6.04 Å². The molecule has 3 rings (SSSR count). The second-order valence-electron chi connectivity index (χ2n) is 6.41. The summed E-state index contributed by atoms with van der Waals surface area (Å²) in [6, 6.07) is 2.76. The van der Waals surface area contributed by atoms with E-state index in [4.69, 9.17) is 28.2 Å². The van der Waals surface area contributed by atoms with Crippen LogP contribution < -0.4 is 5.32 Å². The number of hydrogen-bond donors (Lipinski definition) is 1. The molecule has 3 unspecified atom stereocenters. The summed E-state index contributed by atoms with van der Waals surface area (Å²) in [5.74, 6) is 0.604. The van der Waals surface area contributed by atoms with Crippen molar-refractivity contribution in [2.45, 2.75) is 30.4 Å². The number of nitrogens with one attached hydrogen (secondary N) is 1. The molecule has 0 aromatic carbocycles. The summed E-state index contributed by atoms with van der Waals surface area (Å²) < 4.78 is 52.5. The first-order valence-electron chi connectivity index (χ1n) is 7.80. The molecule has 2 fully saturated rings. The lowest BCUT2D eigenvalue weighted by Gasteiger charge is -2.32. The minimum atomic E-state index is -3.19. The van der Waals surface area contributed by atoms with Gasteiger partial charge in [-0.2, -0.15) is 0 Å². The first kappa shape index (κ1) is 18.9. The van der Waals surface area contributed by atoms with E-state index in [0.717, 1.165) is 0 Å². The van der Waals surface area contributed by atoms with Crippen molar-refractivity contribution in [2.24, 2.45) is 0 Å². The molecule has 0 radical (unpaired) electrons. The second-order valence-corrected chi connectivity index (χ2v) is 11.7. The van der Waals surface area contributed by atoms with Crippen molar-refractivity contribution in [2.75, 3.05) is 23.0 Å². The Balaban J connectivity index is 1.75. The average molecular weight is 427 g/mol. The maximum atomic E-state index is 11.8. The number of furan rings is 1. The van der Waals surface area contributed by atoms with Gasteiger partial charge in [-0.15, -0.1) is 11.6 Å². The molecule has 1 aromatic rings. The lowest BCUT2D eigenvalue weighted by molar-refractivity contribution is 0.292. The molecular formula is C14H19ClN2O5S3. The highest BCUT2D eigenvalue weighted by Gasteiger charge is 2.39. The molecule has 0 saturated carbocycles. The molecule has 11 heteroatoms. The molecule has 0 bridgehead atoms. The fourth-order valence-electron chi connectivity index (χ4n) is 3.14. The Kier molecular flexibility index (Phi) is 5.34. The summed E-state index contributed by atoms with van der Waals surface area (Å²) in [6.45, 7) is 0.311. The topological polar surface area (TPSA) is 96.7 Å². The standard InChI is InChI=1S/C14H19ClN2O5S3/c15-12-8-25(20,21)9-13(12)16-14(23)17(6-11-2-1-4-22-11)10-3-5-24(18,19)7-10/h1-2,4,10,12-13H,3,5-9H2,(H,16,23). The van der Waals surface area contributed by atoms with E-state index >= 15 is 0 Å². The third-order valence-electron chi connectivity index (χ3n) is 4.41. The molecule has 3 heterocycles. The van der Waals surface area contributed by atoms with Gasteiger partial charge in [0.25, 0.3) is 0 Å². The minimum absolute atomic E-state index is 0.0167. The van der Waals surface area contributed by atoms with Crippen LogP contribution in [-0.2, 0) is 26.2 Å². The van der Waals surface area contributed by atoms with Crippen molar-refractivity contribution in [1.82, 2.24) is 10.2 Å². The van der Waals surface area contributed by atoms with Crippen LogP contribution in [0.25, 0.3) is 0 Å². The van der Waals surface area contributed by atoms with E-state index in [9.17, 15) is 16.8 Å². The van der Waals surface area contributed by atoms with Gasteiger partial charge >= 0.3 is 0 Å². The largest absolute Gasteiger partial charge is 0.467 e. The zero-order valence-electron chi connectivity index (χ0n) is 13.3. The van der Waals surface area contributed by atoms with Crippen LogP contribution in [0.1, 0.15) is 12.2 Å². The van der Waals surface area contributed by atoms with E-state index < -0.39 is 31.1 Å². The second kappa shape index (κ2) is 7.05. The van der Waals surface area contributed by atoms with E-state index in [2.05, 4.69) is 5.32 Å². The van der Waals surface area contributed by atoms with Gasteiger partial charge in [0.05, 0.1) is 47.2 Å². The minimum Gasteiger partial charge on any atom is -0.467 e. The Morgan fingerprint density at radius 1 is 1.28 bits per heavy atom. The maximum Gasteiger partial charge on any atom is 0.169 e. The van der Waals surface area contributed by atoms with Crippen molar-refractivity contribution in [3.63, 3.8) is 0 Å². The Morgan fingerprint density at radius 3 is 2.56 bits per heavy atom. The molecule has 2 aliphatic rings. The molecule has 2 aliphatic heterocycles. The number of thiocarbonyl (C=S) groups is 1. The van der Waals surface area contributed by atoms with Crippen molar-refractivity contribution in [3.05, 3.63) is 24.2 Å². The Bertz CT molecular complexity index is 838. The molecule has 1 aromatic heterocycles. The Labute approximate surface area is 157 Å². The fraction of sp³-hybridized carbons (Fsp3) is 0.643. The maximum absolute atomic E-state index is 11.8. The molecule has 7 nitrogen and oxygen atoms in total. The van der Waals surface area contributed by atoms with Gasteiger partial charge in [0.15, 0.2) is 24.8 Å². The number of sulfone groups is 2. The van der Waals surface area contributed by atoms with Gasteiger partial charge in [-0.1, -0.05) is 0 Å². The molecule has 25 heavy (non-hydrogen) atoms. The lowest BCUT2D eigenvalue weighted by atomic mass is 10.2. The van der Waals surface area contributed by atoms with Crippen LogP contribution in [0.2, 0.25) is 0 Å². The Hall–Kier alpha value is -0.840. The first-order valence-corrected chi connectivity index (χ1v) is 12.3. The number of halogens is 1. The van der Waals surface area contributed by atoms with E-state index in [1.165, 1.54) is 6.26 Å². The van der Waals surface area contributed by atoms with Gasteiger partial charge < -0.3 is 14.6 Å². The van der Waals surface area contributed by atoms with Crippen molar-refractivity contribution in [3.8, 4) is 0 Å². The van der Waals surface area contributed by atoms with Crippen molar-refractivity contribution >= 4 is 48.6 Å². The zero-order valence-corrected chi connectivity index (χ0v) is 16.5. The SMILES string of the molecule is O=S1(=O)CC(Cl)C(NC(=S)N(Cc2ccco2)C2CCS(=O)(=O)C2)C1. The Morgan fingerprint density at radius 2 is 2.04 bits per heavy atom. The molecule has 0 spiro atoms. The number of rotatable bonds is 4. The molecule has 140 valence electrons. The predicted molar refractivity (Wildman–Crippen MR) is 99.1 cm³/mol. The molecule has 2 saturated heterocycles. The smallest absolute Gasteiger partial charge is 0.169 e. The molecular weight excluding hydrogens is 408 g/mol. The molecule has 1 N–H and O–H groups in total. The number of nitrogens with zero attached hydrogens (tertiary/aromatic N) is 1. The van der Waals surface area contributed by atoms with Crippen molar-refractivity contribution < 1.29 is 21.3 Å². The molecule has 3 atom stereocenters. The third-order valence-corrected chi connectivity index (χ3v) is 8.89. The van der Waals surface area contributed by atoms with Gasteiger partial charge in [-0.25, -0.2) is 16.8 Å². The van der Waals surface area contributed by atoms with Gasteiger partial charge in [-0.3, -0.25) is 0 Å². The van der Waals surface area contributed by atoms with Crippen LogP contribution in [0.4, 0.5) is 0 Å². The van der Waals surface area contributed by atoms with E-state index in [1.54, 1.807) is 17.0 Å². The van der Waals surface area contributed by atoms with Crippen LogP contribution in [0.5, 0.6) is 0 Å². The number of alkyl halides is 1. The monoisotopic (exact) mass is 426 g/mol. The van der Waals surface area contributed by atoms with Crippen LogP contribution in [0, 0.1) is 0 Å². The molecule has 0 amide bonds. The van der Waals surface area contributed by atoms with E-state index in [1.807, 2.05) is 0 Å². The van der Waals surface area contributed by atoms with Crippen molar-refractivity contribution in [1.29, 1.82) is 0 Å². The third kappa shape index (κ3) is 4.66. The summed E-state index contributed by atoms with van der Waals surface area (Å²) in [5, 5.41) is 2.74. The van der Waals surface area contributed by atoms with E-state index in [-0.39, 0.29) is 29.1 Å². The van der Waals surface area contributed by atoms with Gasteiger partial charge in [0.1, 0.15) is 5.76 Å². The highest BCUT2D eigenvalue weighted by Crippen LogP contribution is 2.23. The molecule has 0 aliphatic carbocycles. The van der Waals surface area contributed by atoms with Crippen LogP contribution in [0.15, 0.2) is 22.8 Å². The number of hydrogen-bond acceptors (Lipinski definition) is 6. The van der Waals surface area contributed by atoms with Gasteiger partial charge in [0.2, 0.25) is 0 Å². The summed E-state index contributed by atoms with van der Waals surface area (Å²) in [4.78, 5) is 1.76. The lowest BCUT2D eigenvalue weighted by Crippen LogP contribution is -2.51. The van der Waals surface area contributed by atoms with Crippen LogP contribution >= 0.6 is 23.8 Å². The first-order chi connectivity index (χ1) is 11.7. The van der Waals surface area contributed by atoms with E-state index in [0.29, 0.717) is 23.8 Å². The summed E-state index contributed by atoms with van der Waals surface area (Å²) in [7, 11) is -6.28. The quantitative estimate of drug-likeness (QED) is 0.550. The summed E-state index contributed by atoms with van der Waals surface area (Å²) in [6.07, 6.45) is 2.01. The van der Waals surface area contributed by atoms with Crippen LogP contribution in [-0.4, -0.2) is 67.3 Å². The van der Waals surface area contributed by atoms with Gasteiger partial charge in [-0.05, 0) is 30.8 Å². The average Bonchev–Trinajstić information content (AvgIpc) is 3.17. The van der Waals surface area contributed by atoms with Crippen LogP contribution in [0.3, 0.4) is 0 Å². The fourth-order valence-corrected chi connectivity index (χ4v) is 7.78.